The maximum Gasteiger partial charge on any atom is 0.420 e. The van der Waals surface area contributed by atoms with Gasteiger partial charge >= 0.3 is 12.2 Å². The van der Waals surface area contributed by atoms with Crippen LogP contribution in [-0.2, 0) is 12.6 Å². The number of urea groups is 1. The summed E-state index contributed by atoms with van der Waals surface area (Å²) < 4.78 is 56.3. The maximum absolute atomic E-state index is 14.1. The van der Waals surface area contributed by atoms with E-state index in [-0.39, 0.29) is 23.6 Å². The number of amides is 2. The predicted molar refractivity (Wildman–Crippen MR) is 169 cm³/mol. The average molecular weight is 636 g/mol. The summed E-state index contributed by atoms with van der Waals surface area (Å²) >= 11 is 0. The molecule has 1 aliphatic carbocycles. The zero-order chi connectivity index (χ0) is 32.2. The minimum Gasteiger partial charge on any atom is -0.490 e. The normalized spacial score (nSPS) is 18.8. The number of halogens is 3. The number of aromatic nitrogens is 3. The molecule has 1 saturated heterocycles. The molecular formula is C33H36F3N7O3. The Labute approximate surface area is 264 Å². The van der Waals surface area contributed by atoms with Gasteiger partial charge in [-0.25, -0.2) is 14.8 Å². The molecule has 0 radical (unpaired) electrons. The Morgan fingerprint density at radius 2 is 1.87 bits per heavy atom. The Bertz CT molecular complexity index is 1800. The molecule has 1 unspecified atom stereocenters. The number of nitrogens with zero attached hydrogens (tertiary/aromatic N) is 4. The molecule has 4 heterocycles. The van der Waals surface area contributed by atoms with Crippen molar-refractivity contribution in [3.63, 3.8) is 0 Å². The maximum atomic E-state index is 14.1. The zero-order valence-corrected chi connectivity index (χ0v) is 25.7. The summed E-state index contributed by atoms with van der Waals surface area (Å²) in [6, 6.07) is 6.89. The molecule has 2 aromatic carbocycles. The predicted octanol–water partition coefficient (Wildman–Crippen LogP) is 6.86. The highest BCUT2D eigenvalue weighted by Crippen LogP contribution is 2.47. The summed E-state index contributed by atoms with van der Waals surface area (Å²) in [5, 5.41) is 6.09. The van der Waals surface area contributed by atoms with E-state index in [4.69, 9.17) is 15.2 Å². The summed E-state index contributed by atoms with van der Waals surface area (Å²) in [5.41, 5.74) is 9.27. The molecular weight excluding hydrogens is 599 g/mol. The van der Waals surface area contributed by atoms with Gasteiger partial charge in [-0.1, -0.05) is 13.0 Å². The Morgan fingerprint density at radius 3 is 2.59 bits per heavy atom. The molecule has 2 amide bonds. The zero-order valence-electron chi connectivity index (χ0n) is 25.7. The fourth-order valence-electron chi connectivity index (χ4n) is 6.53. The number of nitrogen functional groups attached to an aromatic ring is 1. The number of hydrogen-bond donors (Lipinski definition) is 3. The summed E-state index contributed by atoms with van der Waals surface area (Å²) in [6.07, 6.45) is 2.47. The Balaban J connectivity index is 1.12. The topological polar surface area (TPSA) is 120 Å². The number of nitrogens with one attached hydrogen (secondary N) is 2. The van der Waals surface area contributed by atoms with Gasteiger partial charge in [-0.15, -0.1) is 0 Å². The number of ether oxygens (including phenoxy) is 2. The van der Waals surface area contributed by atoms with Gasteiger partial charge in [-0.2, -0.15) is 13.2 Å². The molecule has 7 rings (SSSR count). The molecule has 46 heavy (non-hydrogen) atoms. The highest BCUT2D eigenvalue weighted by molar-refractivity contribution is 6.04. The van der Waals surface area contributed by atoms with Gasteiger partial charge < -0.3 is 35.3 Å². The van der Waals surface area contributed by atoms with Gasteiger partial charge in [0.2, 0.25) is 0 Å². The van der Waals surface area contributed by atoms with Crippen molar-refractivity contribution in [1.82, 2.24) is 19.4 Å². The first-order valence-corrected chi connectivity index (χ1v) is 15.7. The number of likely N-dealkylation sites (tertiary alicyclic amines) is 1. The van der Waals surface area contributed by atoms with Gasteiger partial charge in [-0.3, -0.25) is 0 Å². The highest BCUT2D eigenvalue weighted by Gasteiger charge is 2.36. The lowest BCUT2D eigenvalue weighted by Gasteiger charge is -2.31. The van der Waals surface area contributed by atoms with E-state index in [0.717, 1.165) is 66.3 Å². The lowest BCUT2D eigenvalue weighted by atomic mass is 9.96. The molecule has 13 heteroatoms. The van der Waals surface area contributed by atoms with Crippen LogP contribution in [0.1, 0.15) is 56.7 Å². The van der Waals surface area contributed by atoms with Gasteiger partial charge in [0.1, 0.15) is 41.5 Å². The Morgan fingerprint density at radius 1 is 1.09 bits per heavy atom. The van der Waals surface area contributed by atoms with Crippen LogP contribution in [0.4, 0.5) is 35.2 Å². The van der Waals surface area contributed by atoms with Crippen LogP contribution in [0.25, 0.3) is 22.2 Å². The standard InChI is InChI=1S/C33H36F3N7O3/c1-3-42-12-10-21(11-13-42)46-27-9-4-19(15-25(27)33(34,35)36)40-32(44)41-26-8-7-22(23-14-18(2)45-29(23)26)24-16-43(20-5-6-20)31-28(24)30(37)38-17-39-31/h4,7-9,15-18,20-21H,3,5-6,10-14H2,1-2H3,(H2,37,38,39)(H2,40,41,44). The van der Waals surface area contributed by atoms with Gasteiger partial charge in [0.15, 0.2) is 0 Å². The minimum absolute atomic E-state index is 0.0103. The first kappa shape index (κ1) is 30.2. The van der Waals surface area contributed by atoms with E-state index in [0.29, 0.717) is 42.6 Å². The summed E-state index contributed by atoms with van der Waals surface area (Å²) in [6.45, 7) is 6.46. The number of nitrogens with two attached hydrogens (primary N) is 1. The average Bonchev–Trinajstić information content (AvgIpc) is 3.67. The molecule has 2 aromatic heterocycles. The second-order valence-corrected chi connectivity index (χ2v) is 12.3. The molecule has 3 aliphatic rings. The highest BCUT2D eigenvalue weighted by atomic mass is 19.4. The SMILES string of the molecule is CCN1CCC(Oc2ccc(NC(=O)Nc3ccc(-c4cn(C5CC5)c5ncnc(N)c45)c4c3OC(C)C4)cc2C(F)(F)F)CC1. The largest absolute Gasteiger partial charge is 0.490 e. The Hall–Kier alpha value is -4.52. The fourth-order valence-corrected chi connectivity index (χ4v) is 6.53. The molecule has 242 valence electrons. The second kappa shape index (κ2) is 11.7. The van der Waals surface area contributed by atoms with Crippen LogP contribution in [0.15, 0.2) is 42.9 Å². The van der Waals surface area contributed by atoms with Crippen molar-refractivity contribution in [3.05, 3.63) is 54.0 Å². The molecule has 1 saturated carbocycles. The summed E-state index contributed by atoms with van der Waals surface area (Å²) in [4.78, 5) is 24.1. The van der Waals surface area contributed by atoms with Crippen LogP contribution >= 0.6 is 0 Å². The number of rotatable bonds is 7. The van der Waals surface area contributed by atoms with Crippen LogP contribution in [0.5, 0.6) is 11.5 Å². The van der Waals surface area contributed by atoms with E-state index in [1.807, 2.05) is 13.0 Å². The monoisotopic (exact) mass is 635 g/mol. The third kappa shape index (κ3) is 5.79. The molecule has 0 bridgehead atoms. The van der Waals surface area contributed by atoms with E-state index in [9.17, 15) is 18.0 Å². The van der Waals surface area contributed by atoms with Crippen molar-refractivity contribution in [1.29, 1.82) is 0 Å². The number of fused-ring (bicyclic) bond motifs is 2. The molecule has 2 aliphatic heterocycles. The van der Waals surface area contributed by atoms with Gasteiger partial charge in [0.05, 0.1) is 16.6 Å². The van der Waals surface area contributed by atoms with Crippen LogP contribution in [-0.4, -0.2) is 57.3 Å². The number of anilines is 3. The van der Waals surface area contributed by atoms with Gasteiger partial charge in [0.25, 0.3) is 0 Å². The van der Waals surface area contributed by atoms with E-state index in [1.54, 1.807) is 6.07 Å². The third-order valence-electron chi connectivity index (χ3n) is 9.01. The van der Waals surface area contributed by atoms with Crippen molar-refractivity contribution in [3.8, 4) is 22.6 Å². The number of alkyl halides is 3. The molecule has 4 aromatic rings. The summed E-state index contributed by atoms with van der Waals surface area (Å²) in [7, 11) is 0. The van der Waals surface area contributed by atoms with Gasteiger partial charge in [-0.05, 0) is 69.0 Å². The molecule has 1 atom stereocenters. The first-order valence-electron chi connectivity index (χ1n) is 15.7. The molecule has 0 spiro atoms. The van der Waals surface area contributed by atoms with E-state index in [1.165, 1.54) is 18.5 Å². The van der Waals surface area contributed by atoms with Crippen molar-refractivity contribution < 1.29 is 27.4 Å². The number of benzene rings is 2. The molecule has 4 N–H and O–H groups in total. The van der Waals surface area contributed by atoms with Crippen molar-refractivity contribution in [2.75, 3.05) is 36.0 Å². The number of carbonyl (C=O) groups excluding carboxylic acids is 1. The van der Waals surface area contributed by atoms with Crippen LogP contribution in [0.3, 0.4) is 0 Å². The molecule has 2 fully saturated rings. The van der Waals surface area contributed by atoms with E-state index in [2.05, 4.69) is 43.2 Å². The van der Waals surface area contributed by atoms with Crippen molar-refractivity contribution >= 4 is 34.3 Å². The number of carbonyl (C=O) groups is 1. The quantitative estimate of drug-likeness (QED) is 0.203. The minimum atomic E-state index is -4.66. The van der Waals surface area contributed by atoms with Crippen molar-refractivity contribution in [2.45, 2.75) is 70.4 Å². The molecule has 10 nitrogen and oxygen atoms in total. The van der Waals surface area contributed by atoms with E-state index >= 15 is 0 Å². The lowest BCUT2D eigenvalue weighted by molar-refractivity contribution is -0.139. The second-order valence-electron chi connectivity index (χ2n) is 12.3. The smallest absolute Gasteiger partial charge is 0.420 e. The number of hydrogen-bond acceptors (Lipinski definition) is 7. The van der Waals surface area contributed by atoms with Gasteiger partial charge in [0, 0.05) is 48.6 Å². The van der Waals surface area contributed by atoms with Crippen LogP contribution in [0, 0.1) is 0 Å². The first-order chi connectivity index (χ1) is 22.1. The number of piperidine rings is 1. The van der Waals surface area contributed by atoms with Crippen LogP contribution in [0.2, 0.25) is 0 Å². The van der Waals surface area contributed by atoms with Crippen LogP contribution < -0.4 is 25.8 Å². The van der Waals surface area contributed by atoms with Crippen molar-refractivity contribution in [2.24, 2.45) is 0 Å². The third-order valence-corrected chi connectivity index (χ3v) is 9.01. The fraction of sp³-hybridized carbons (Fsp3) is 0.424. The van der Waals surface area contributed by atoms with E-state index < -0.39 is 17.8 Å². The Kier molecular flexibility index (Phi) is 7.66. The lowest BCUT2D eigenvalue weighted by Crippen LogP contribution is -2.38. The summed E-state index contributed by atoms with van der Waals surface area (Å²) in [5.74, 6) is 0.660.